The highest BCUT2D eigenvalue weighted by Crippen LogP contribution is 2.16. The van der Waals surface area contributed by atoms with Gasteiger partial charge < -0.3 is 10.1 Å². The first-order valence-electron chi connectivity index (χ1n) is 7.46. The van der Waals surface area contributed by atoms with E-state index in [9.17, 15) is 13.2 Å². The third-order valence-corrected chi connectivity index (χ3v) is 4.25. The molecular weight excluding hydrogens is 318 g/mol. The molecule has 23 heavy (non-hydrogen) atoms. The zero-order valence-corrected chi connectivity index (χ0v) is 15.1. The Morgan fingerprint density at radius 2 is 1.78 bits per heavy atom. The van der Waals surface area contributed by atoms with Gasteiger partial charge >= 0.3 is 6.09 Å². The maximum Gasteiger partial charge on any atom is 0.407 e. The van der Waals surface area contributed by atoms with E-state index < -0.39 is 27.9 Å². The summed E-state index contributed by atoms with van der Waals surface area (Å²) in [5.41, 5.74) is 0.402. The van der Waals surface area contributed by atoms with Gasteiger partial charge in [-0.2, -0.15) is 8.42 Å². The van der Waals surface area contributed by atoms with Gasteiger partial charge in [-0.3, -0.25) is 4.18 Å². The van der Waals surface area contributed by atoms with E-state index >= 15 is 0 Å². The molecule has 0 aliphatic heterocycles. The summed E-state index contributed by atoms with van der Waals surface area (Å²) in [6.07, 6.45) is -0.744. The number of aryl methyl sites for hydroxylation is 1. The number of hydrogen-bond acceptors (Lipinski definition) is 5. The van der Waals surface area contributed by atoms with Crippen LogP contribution in [0.2, 0.25) is 0 Å². The molecule has 1 atom stereocenters. The van der Waals surface area contributed by atoms with Crippen LogP contribution in [0.4, 0.5) is 4.79 Å². The quantitative estimate of drug-likeness (QED) is 0.803. The summed E-state index contributed by atoms with van der Waals surface area (Å²) in [5.74, 6) is 0. The van der Waals surface area contributed by atoms with Crippen molar-refractivity contribution < 1.29 is 22.1 Å². The largest absolute Gasteiger partial charge is 0.444 e. The van der Waals surface area contributed by atoms with Crippen LogP contribution in [0.3, 0.4) is 0 Å². The van der Waals surface area contributed by atoms with E-state index in [4.69, 9.17) is 8.92 Å². The van der Waals surface area contributed by atoms with Crippen molar-refractivity contribution in [3.8, 4) is 0 Å². The number of nitrogens with one attached hydrogen (secondary N) is 1. The molecule has 0 aromatic heterocycles. The maximum absolute atomic E-state index is 12.1. The lowest BCUT2D eigenvalue weighted by molar-refractivity contribution is 0.0522. The third-order valence-electron chi connectivity index (χ3n) is 2.82. The summed E-state index contributed by atoms with van der Waals surface area (Å²) in [6.45, 7) is 9.09. The average molecular weight is 343 g/mol. The summed E-state index contributed by atoms with van der Waals surface area (Å²) in [7, 11) is -3.80. The van der Waals surface area contributed by atoms with Gasteiger partial charge in [0.25, 0.3) is 10.1 Å². The Morgan fingerprint density at radius 3 is 2.30 bits per heavy atom. The van der Waals surface area contributed by atoms with Crippen LogP contribution >= 0.6 is 0 Å². The van der Waals surface area contributed by atoms with E-state index in [1.165, 1.54) is 12.1 Å². The van der Waals surface area contributed by atoms with Gasteiger partial charge in [-0.05, 0) is 53.2 Å². The van der Waals surface area contributed by atoms with E-state index in [-0.39, 0.29) is 11.4 Å². The summed E-state index contributed by atoms with van der Waals surface area (Å²) in [6, 6.07) is 6.45. The van der Waals surface area contributed by atoms with Gasteiger partial charge in [0, 0.05) is 6.54 Å². The van der Waals surface area contributed by atoms with Crippen molar-refractivity contribution in [2.75, 3.05) is 6.54 Å². The molecule has 1 amide bonds. The minimum atomic E-state index is -3.80. The lowest BCUT2D eigenvalue weighted by Gasteiger charge is -2.20. The number of rotatable bonds is 6. The summed E-state index contributed by atoms with van der Waals surface area (Å²) >= 11 is 0. The SMILES string of the molecule is Cc1ccc(S(=O)(=O)O[C@H](C)CCNC(=O)OC(C)(C)C)cc1. The molecule has 0 unspecified atom stereocenters. The lowest BCUT2D eigenvalue weighted by atomic mass is 10.2. The van der Waals surface area contributed by atoms with Gasteiger partial charge in [0.2, 0.25) is 0 Å². The normalized spacial score (nSPS) is 13.4. The topological polar surface area (TPSA) is 81.7 Å². The van der Waals surface area contributed by atoms with E-state index in [1.807, 2.05) is 6.92 Å². The molecule has 0 bridgehead atoms. The van der Waals surface area contributed by atoms with Crippen LogP contribution in [0.5, 0.6) is 0 Å². The highest BCUT2D eigenvalue weighted by Gasteiger charge is 2.20. The van der Waals surface area contributed by atoms with Gasteiger partial charge in [-0.1, -0.05) is 17.7 Å². The second-order valence-electron chi connectivity index (χ2n) is 6.39. The molecule has 7 heteroatoms. The van der Waals surface area contributed by atoms with Crippen LogP contribution in [0.1, 0.15) is 39.7 Å². The number of benzene rings is 1. The average Bonchev–Trinajstić information content (AvgIpc) is 2.36. The zero-order chi connectivity index (χ0) is 17.7. The Kier molecular flexibility index (Phi) is 6.58. The monoisotopic (exact) mass is 343 g/mol. The number of hydrogen-bond donors (Lipinski definition) is 1. The highest BCUT2D eigenvalue weighted by atomic mass is 32.2. The second kappa shape index (κ2) is 7.79. The molecule has 130 valence electrons. The number of amides is 1. The predicted molar refractivity (Wildman–Crippen MR) is 87.8 cm³/mol. The molecule has 0 saturated heterocycles. The Balaban J connectivity index is 2.45. The Labute approximate surface area is 138 Å². The first-order valence-corrected chi connectivity index (χ1v) is 8.87. The van der Waals surface area contributed by atoms with E-state index in [0.29, 0.717) is 6.42 Å². The molecule has 0 aliphatic carbocycles. The molecule has 6 nitrogen and oxygen atoms in total. The van der Waals surface area contributed by atoms with Crippen LogP contribution in [0, 0.1) is 6.92 Å². The van der Waals surface area contributed by atoms with Gasteiger partial charge in [0.05, 0.1) is 11.0 Å². The van der Waals surface area contributed by atoms with Crippen molar-refractivity contribution in [1.82, 2.24) is 5.32 Å². The van der Waals surface area contributed by atoms with Crippen molar-refractivity contribution in [2.45, 2.75) is 57.6 Å². The van der Waals surface area contributed by atoms with Gasteiger partial charge in [0.15, 0.2) is 0 Å². The molecule has 1 aromatic rings. The Hall–Kier alpha value is -1.60. The highest BCUT2D eigenvalue weighted by molar-refractivity contribution is 7.86. The van der Waals surface area contributed by atoms with Crippen molar-refractivity contribution in [2.24, 2.45) is 0 Å². The Bertz CT molecular complexity index is 617. The smallest absolute Gasteiger partial charge is 0.407 e. The fraction of sp³-hybridized carbons (Fsp3) is 0.562. The fourth-order valence-corrected chi connectivity index (χ4v) is 2.83. The van der Waals surface area contributed by atoms with Crippen LogP contribution in [-0.2, 0) is 19.0 Å². The van der Waals surface area contributed by atoms with Crippen LogP contribution in [0.25, 0.3) is 0 Å². The summed E-state index contributed by atoms with van der Waals surface area (Å²) in [4.78, 5) is 11.6. The molecule has 0 saturated carbocycles. The molecule has 1 N–H and O–H groups in total. The van der Waals surface area contributed by atoms with Gasteiger partial charge in [0.1, 0.15) is 5.60 Å². The Morgan fingerprint density at radius 1 is 1.22 bits per heavy atom. The van der Waals surface area contributed by atoms with E-state index in [0.717, 1.165) is 5.56 Å². The molecule has 0 spiro atoms. The first kappa shape index (κ1) is 19.4. The van der Waals surface area contributed by atoms with Crippen LogP contribution < -0.4 is 5.32 Å². The van der Waals surface area contributed by atoms with Gasteiger partial charge in [-0.25, -0.2) is 4.79 Å². The number of ether oxygens (including phenoxy) is 1. The second-order valence-corrected chi connectivity index (χ2v) is 7.96. The van der Waals surface area contributed by atoms with Crippen molar-refractivity contribution >= 4 is 16.2 Å². The predicted octanol–water partition coefficient (Wildman–Crippen LogP) is 3.00. The minimum absolute atomic E-state index is 0.120. The fourth-order valence-electron chi connectivity index (χ4n) is 1.72. The van der Waals surface area contributed by atoms with Crippen molar-refractivity contribution in [3.05, 3.63) is 29.8 Å². The number of alkyl carbamates (subject to hydrolysis) is 1. The van der Waals surface area contributed by atoms with E-state index in [2.05, 4.69) is 5.32 Å². The summed E-state index contributed by atoms with van der Waals surface area (Å²) in [5, 5.41) is 2.57. The minimum Gasteiger partial charge on any atom is -0.444 e. The first-order chi connectivity index (χ1) is 10.5. The standard InChI is InChI=1S/C16H25NO5S/c1-12-6-8-14(9-7-12)23(19,20)22-13(2)10-11-17-15(18)21-16(3,4)5/h6-9,13H,10-11H2,1-5H3,(H,17,18)/t13-/m1/s1. The molecule has 0 radical (unpaired) electrons. The van der Waals surface area contributed by atoms with Crippen molar-refractivity contribution in [1.29, 1.82) is 0 Å². The number of carbonyl (C=O) groups is 1. The van der Waals surface area contributed by atoms with E-state index in [1.54, 1.807) is 39.8 Å². The molecule has 0 aliphatic rings. The lowest BCUT2D eigenvalue weighted by Crippen LogP contribution is -2.34. The molecular formula is C16H25NO5S. The molecule has 0 heterocycles. The third kappa shape index (κ3) is 7.47. The van der Waals surface area contributed by atoms with Gasteiger partial charge in [-0.15, -0.1) is 0 Å². The maximum atomic E-state index is 12.1. The molecule has 1 aromatic carbocycles. The van der Waals surface area contributed by atoms with Crippen molar-refractivity contribution in [3.63, 3.8) is 0 Å². The van der Waals surface area contributed by atoms with Crippen LogP contribution in [-0.4, -0.2) is 32.8 Å². The molecule has 0 fully saturated rings. The molecule has 1 rings (SSSR count). The summed E-state index contributed by atoms with van der Waals surface area (Å²) < 4.78 is 34.4. The van der Waals surface area contributed by atoms with Crippen LogP contribution in [0.15, 0.2) is 29.2 Å². The zero-order valence-electron chi connectivity index (χ0n) is 14.3. The number of carbonyl (C=O) groups excluding carboxylic acids is 1.